The molecule has 1 amide bonds. The third kappa shape index (κ3) is 75.6. The van der Waals surface area contributed by atoms with Gasteiger partial charge in [-0.1, -0.05) is 396 Å². The van der Waals surface area contributed by atoms with Gasteiger partial charge in [0, 0.05) is 6.42 Å². The lowest BCUT2D eigenvalue weighted by molar-refractivity contribution is -0.870. The number of nitrogens with one attached hydrogen (secondary N) is 1. The molecule has 3 unspecified atom stereocenters. The Labute approximate surface area is 574 Å². The topological polar surface area (TPSA) is 108 Å². The zero-order valence-corrected chi connectivity index (χ0v) is 63.2. The number of carbonyl (C=O) groups is 1. The summed E-state index contributed by atoms with van der Waals surface area (Å²) in [5, 5.41) is 14.0. The highest BCUT2D eigenvalue weighted by atomic mass is 31.2. The number of aliphatic hydroxyl groups is 1. The van der Waals surface area contributed by atoms with Crippen LogP contribution in [0, 0.1) is 0 Å². The Hall–Kier alpha value is -1.80. The Morgan fingerprint density at radius 2 is 0.641 bits per heavy atom. The molecular formula is C83H159N2O6P. The summed E-state index contributed by atoms with van der Waals surface area (Å²) in [5.41, 5.74) is 0. The number of carbonyl (C=O) groups excluding carboxylic acids is 1. The van der Waals surface area contributed by atoms with Gasteiger partial charge < -0.3 is 28.8 Å². The highest BCUT2D eigenvalue weighted by Gasteiger charge is 2.23. The largest absolute Gasteiger partial charge is 0.756 e. The summed E-state index contributed by atoms with van der Waals surface area (Å²) in [6.45, 7) is 4.68. The van der Waals surface area contributed by atoms with Crippen LogP contribution in [0.1, 0.15) is 412 Å². The van der Waals surface area contributed by atoms with Crippen molar-refractivity contribution >= 4 is 13.7 Å². The van der Waals surface area contributed by atoms with E-state index >= 15 is 0 Å². The lowest BCUT2D eigenvalue weighted by Crippen LogP contribution is -2.45. The monoisotopic (exact) mass is 1310 g/mol. The van der Waals surface area contributed by atoms with Crippen LogP contribution in [0.25, 0.3) is 0 Å². The molecule has 8 nitrogen and oxygen atoms in total. The van der Waals surface area contributed by atoms with Gasteiger partial charge in [-0.2, -0.15) is 0 Å². The Bertz CT molecular complexity index is 1690. The molecule has 92 heavy (non-hydrogen) atoms. The Kier molecular flexibility index (Phi) is 72.0. The molecule has 0 aliphatic carbocycles. The predicted octanol–water partition coefficient (Wildman–Crippen LogP) is 26.0. The number of allylic oxidation sites excluding steroid dienone is 9. The van der Waals surface area contributed by atoms with Crippen LogP contribution in [-0.2, 0) is 18.4 Å². The normalized spacial score (nSPS) is 13.8. The Morgan fingerprint density at radius 3 is 0.957 bits per heavy atom. The van der Waals surface area contributed by atoms with Crippen LogP contribution in [-0.4, -0.2) is 68.5 Å². The molecule has 0 saturated heterocycles. The van der Waals surface area contributed by atoms with Gasteiger partial charge in [-0.3, -0.25) is 9.36 Å². The van der Waals surface area contributed by atoms with E-state index in [-0.39, 0.29) is 19.1 Å². The predicted molar refractivity (Wildman–Crippen MR) is 404 cm³/mol. The minimum absolute atomic E-state index is 0.00527. The lowest BCUT2D eigenvalue weighted by atomic mass is 10.0. The first-order valence-electron chi connectivity index (χ1n) is 40.7. The maximum Gasteiger partial charge on any atom is 0.268 e. The van der Waals surface area contributed by atoms with Gasteiger partial charge in [0.15, 0.2) is 0 Å². The number of rotatable bonds is 76. The van der Waals surface area contributed by atoms with E-state index in [4.69, 9.17) is 9.05 Å². The summed E-state index contributed by atoms with van der Waals surface area (Å²) in [5.74, 6) is -0.199. The lowest BCUT2D eigenvalue weighted by Gasteiger charge is -2.29. The summed E-state index contributed by atoms with van der Waals surface area (Å²) >= 11 is 0. The first-order valence-corrected chi connectivity index (χ1v) is 42.1. The second-order valence-electron chi connectivity index (χ2n) is 29.1. The van der Waals surface area contributed by atoms with Crippen LogP contribution in [0.5, 0.6) is 0 Å². The number of nitrogens with zero attached hydrogens (tertiary/aromatic N) is 1. The number of hydrogen-bond acceptors (Lipinski definition) is 6. The van der Waals surface area contributed by atoms with Gasteiger partial charge in [0.25, 0.3) is 7.82 Å². The van der Waals surface area contributed by atoms with E-state index < -0.39 is 20.0 Å². The molecule has 0 aliphatic rings. The molecule has 0 aromatic heterocycles. The number of phosphoric acid groups is 1. The average molecular weight is 1310 g/mol. The summed E-state index contributed by atoms with van der Waals surface area (Å²) in [7, 11) is 1.26. The van der Waals surface area contributed by atoms with E-state index in [9.17, 15) is 19.4 Å². The van der Waals surface area contributed by atoms with Gasteiger partial charge in [-0.25, -0.2) is 0 Å². The highest BCUT2D eigenvalue weighted by molar-refractivity contribution is 7.45. The van der Waals surface area contributed by atoms with Crippen molar-refractivity contribution in [3.05, 3.63) is 60.8 Å². The van der Waals surface area contributed by atoms with Crippen LogP contribution < -0.4 is 10.2 Å². The van der Waals surface area contributed by atoms with Gasteiger partial charge in [0.2, 0.25) is 5.91 Å². The van der Waals surface area contributed by atoms with Gasteiger partial charge in [-0.05, 0) is 70.6 Å². The van der Waals surface area contributed by atoms with Gasteiger partial charge in [0.05, 0.1) is 39.9 Å². The molecule has 542 valence electrons. The standard InChI is InChI=1S/C83H159N2O6P/c1-6-8-10-12-14-16-18-20-22-24-26-28-30-32-34-36-38-39-40-41-42-43-44-45-47-49-51-53-55-57-59-61-63-65-67-69-71-73-75-77-83(87)84-81(80-91-92(88,89)90-79-78-85(3,4)5)82(86)76-74-72-70-68-66-64-62-60-58-56-54-52-50-48-46-37-35-33-31-29-27-25-23-21-19-17-15-13-11-9-7-2/h18,20,24,26,30,32,66,68,74,76,81-82,86H,6-17,19,21-23,25,27-29,31,33-65,67,69-73,75,77-80H2,1-5H3,(H-,84,87,88,89)/b20-18-,26-24-,32-30-,68-66+,76-74+. The summed E-state index contributed by atoms with van der Waals surface area (Å²) in [4.78, 5) is 25.7. The van der Waals surface area contributed by atoms with Crippen LogP contribution in [0.15, 0.2) is 60.8 Å². The van der Waals surface area contributed by atoms with Gasteiger partial charge in [-0.15, -0.1) is 0 Å². The van der Waals surface area contributed by atoms with Crippen LogP contribution >= 0.6 is 7.82 Å². The number of amides is 1. The first kappa shape index (κ1) is 90.2. The van der Waals surface area contributed by atoms with E-state index in [1.54, 1.807) is 6.08 Å². The van der Waals surface area contributed by atoms with Crippen molar-refractivity contribution in [3.63, 3.8) is 0 Å². The van der Waals surface area contributed by atoms with Crippen molar-refractivity contribution in [2.75, 3.05) is 40.9 Å². The molecule has 0 heterocycles. The average Bonchev–Trinajstić information content (AvgIpc) is 2.63. The van der Waals surface area contributed by atoms with E-state index in [2.05, 4.69) is 67.8 Å². The maximum absolute atomic E-state index is 13.1. The molecule has 0 aliphatic heterocycles. The minimum Gasteiger partial charge on any atom is -0.756 e. The number of aliphatic hydroxyl groups excluding tert-OH is 1. The van der Waals surface area contributed by atoms with Crippen molar-refractivity contribution in [1.29, 1.82) is 0 Å². The quantitative estimate of drug-likeness (QED) is 0.0272. The fourth-order valence-corrected chi connectivity index (χ4v) is 13.1. The van der Waals surface area contributed by atoms with E-state index in [0.29, 0.717) is 17.4 Å². The highest BCUT2D eigenvalue weighted by Crippen LogP contribution is 2.38. The molecular weight excluding hydrogens is 1150 g/mol. The fourth-order valence-electron chi connectivity index (χ4n) is 12.4. The molecule has 0 rings (SSSR count). The molecule has 0 aromatic rings. The Balaban J connectivity index is 3.96. The summed E-state index contributed by atoms with van der Waals surface area (Å²) in [6, 6.07) is -0.906. The smallest absolute Gasteiger partial charge is 0.268 e. The van der Waals surface area contributed by atoms with Gasteiger partial charge in [0.1, 0.15) is 13.2 Å². The third-order valence-electron chi connectivity index (χ3n) is 18.7. The van der Waals surface area contributed by atoms with E-state index in [1.807, 2.05) is 27.2 Å². The minimum atomic E-state index is -4.62. The molecule has 0 radical (unpaired) electrons. The second-order valence-corrected chi connectivity index (χ2v) is 30.5. The summed E-state index contributed by atoms with van der Waals surface area (Å²) < 4.78 is 23.5. The molecule has 2 N–H and O–H groups in total. The fraction of sp³-hybridized carbons (Fsp3) is 0.867. The molecule has 9 heteroatoms. The number of likely N-dealkylation sites (N-methyl/N-ethyl adjacent to an activating group) is 1. The third-order valence-corrected chi connectivity index (χ3v) is 19.7. The van der Waals surface area contributed by atoms with Crippen LogP contribution in [0.4, 0.5) is 0 Å². The molecule has 0 saturated carbocycles. The molecule has 0 aromatic carbocycles. The van der Waals surface area contributed by atoms with E-state index in [0.717, 1.165) is 51.4 Å². The number of hydrogen-bond donors (Lipinski definition) is 2. The zero-order valence-electron chi connectivity index (χ0n) is 62.3. The van der Waals surface area contributed by atoms with E-state index in [1.165, 1.54) is 340 Å². The maximum atomic E-state index is 13.1. The van der Waals surface area contributed by atoms with Crippen molar-refractivity contribution < 1.29 is 32.9 Å². The van der Waals surface area contributed by atoms with Crippen LogP contribution in [0.3, 0.4) is 0 Å². The van der Waals surface area contributed by atoms with Crippen molar-refractivity contribution in [1.82, 2.24) is 5.32 Å². The van der Waals surface area contributed by atoms with Crippen LogP contribution in [0.2, 0.25) is 0 Å². The molecule has 0 spiro atoms. The molecule has 0 fully saturated rings. The number of quaternary nitrogens is 1. The SMILES string of the molecule is CCCCCCC/C=C\C/C=C\C/C=C\CCCCCCCCCCCCCCCCCCCCCCCCCCC(=O)NC(COP(=O)([O-])OCC[N+](C)(C)C)C(O)/C=C/CC/C=C/CCCCCCCCCCCCCCCCCCCCCCCCCCC. The second kappa shape index (κ2) is 73.4. The molecule has 0 bridgehead atoms. The first-order chi connectivity index (χ1) is 45.0. The van der Waals surface area contributed by atoms with Crippen molar-refractivity contribution in [2.24, 2.45) is 0 Å². The Morgan fingerprint density at radius 1 is 0.380 bits per heavy atom. The summed E-state index contributed by atoms with van der Waals surface area (Å²) in [6.07, 6.45) is 103. The van der Waals surface area contributed by atoms with Crippen molar-refractivity contribution in [2.45, 2.75) is 424 Å². The molecule has 3 atom stereocenters. The van der Waals surface area contributed by atoms with Gasteiger partial charge >= 0.3 is 0 Å². The zero-order chi connectivity index (χ0) is 66.9. The van der Waals surface area contributed by atoms with Crippen molar-refractivity contribution in [3.8, 4) is 0 Å². The number of phosphoric ester groups is 1. The number of unbranched alkanes of at least 4 members (excludes halogenated alkanes) is 55.